The minimum absolute atomic E-state index is 0.0919. The minimum Gasteiger partial charge on any atom is -0.504 e. The fourth-order valence-electron chi connectivity index (χ4n) is 2.00. The monoisotopic (exact) mass is 303 g/mol. The maximum atomic E-state index is 11.8. The van der Waals surface area contributed by atoms with E-state index in [9.17, 15) is 25.2 Å². The number of phenolic OH excluding ortho intramolecular Hbond substituents is 4. The molecule has 0 aromatic heterocycles. The molecule has 0 aliphatic rings. The molecule has 116 valence electrons. The predicted molar refractivity (Wildman–Crippen MR) is 80.0 cm³/mol. The van der Waals surface area contributed by atoms with E-state index in [-0.39, 0.29) is 35.3 Å². The zero-order valence-electron chi connectivity index (χ0n) is 11.8. The van der Waals surface area contributed by atoms with Crippen LogP contribution in [0.25, 0.3) is 0 Å². The molecule has 2 rings (SSSR count). The molecule has 22 heavy (non-hydrogen) atoms. The van der Waals surface area contributed by atoms with Gasteiger partial charge in [-0.3, -0.25) is 4.79 Å². The van der Waals surface area contributed by atoms with Crippen molar-refractivity contribution in [1.29, 1.82) is 0 Å². The summed E-state index contributed by atoms with van der Waals surface area (Å²) in [6.07, 6.45) is 0.606. The minimum atomic E-state index is -0.259. The van der Waals surface area contributed by atoms with Crippen LogP contribution in [0.3, 0.4) is 0 Å². The summed E-state index contributed by atoms with van der Waals surface area (Å²) in [6, 6.07) is 8.74. The van der Waals surface area contributed by atoms with Crippen molar-refractivity contribution < 1.29 is 25.2 Å². The molecule has 5 N–H and O–H groups in total. The lowest BCUT2D eigenvalue weighted by molar-refractivity contribution is -0.120. The lowest BCUT2D eigenvalue weighted by Crippen LogP contribution is -2.27. The van der Waals surface area contributed by atoms with Gasteiger partial charge in [0.2, 0.25) is 5.91 Å². The molecule has 0 aliphatic carbocycles. The topological polar surface area (TPSA) is 110 Å². The Morgan fingerprint density at radius 2 is 1.36 bits per heavy atom. The van der Waals surface area contributed by atoms with Gasteiger partial charge < -0.3 is 25.7 Å². The Balaban J connectivity index is 1.82. The molecule has 6 heteroatoms. The molecule has 0 fully saturated rings. The normalized spacial score (nSPS) is 10.4. The number of nitrogens with one attached hydrogen (secondary N) is 1. The number of rotatable bonds is 5. The molecule has 0 spiro atoms. The first-order valence-electron chi connectivity index (χ1n) is 6.74. The number of aromatic hydroxyl groups is 4. The van der Waals surface area contributed by atoms with Gasteiger partial charge in [-0.15, -0.1) is 0 Å². The van der Waals surface area contributed by atoms with Gasteiger partial charge in [-0.25, -0.2) is 0 Å². The molecular formula is C16H17NO5. The molecule has 0 saturated heterocycles. The van der Waals surface area contributed by atoms with Crippen LogP contribution in [0, 0.1) is 0 Å². The highest BCUT2D eigenvalue weighted by Crippen LogP contribution is 2.25. The maximum Gasteiger partial charge on any atom is 0.224 e. The quantitative estimate of drug-likeness (QED) is 0.536. The lowest BCUT2D eigenvalue weighted by Gasteiger charge is -2.07. The van der Waals surface area contributed by atoms with Crippen LogP contribution >= 0.6 is 0 Å². The standard InChI is InChI=1S/C16H17NO5/c18-12-3-1-10(7-14(12)20)5-6-17-16(22)9-11-2-4-13(19)15(21)8-11/h1-4,7-8,18-21H,5-6,9H2,(H,17,22). The summed E-state index contributed by atoms with van der Waals surface area (Å²) in [7, 11) is 0. The first-order valence-corrected chi connectivity index (χ1v) is 6.74. The van der Waals surface area contributed by atoms with Crippen LogP contribution in [0.4, 0.5) is 0 Å². The Labute approximate surface area is 127 Å². The van der Waals surface area contributed by atoms with Crippen molar-refractivity contribution >= 4 is 5.91 Å². The van der Waals surface area contributed by atoms with Gasteiger partial charge in [0, 0.05) is 6.54 Å². The number of benzene rings is 2. The summed E-state index contributed by atoms with van der Waals surface area (Å²) >= 11 is 0. The van der Waals surface area contributed by atoms with Gasteiger partial charge in [0.05, 0.1) is 6.42 Å². The Morgan fingerprint density at radius 3 is 1.95 bits per heavy atom. The van der Waals surface area contributed by atoms with Crippen molar-refractivity contribution in [3.05, 3.63) is 47.5 Å². The second-order valence-electron chi connectivity index (χ2n) is 4.92. The van der Waals surface area contributed by atoms with Crippen molar-refractivity contribution in [1.82, 2.24) is 5.32 Å². The molecule has 0 unspecified atom stereocenters. The van der Waals surface area contributed by atoms with Gasteiger partial charge >= 0.3 is 0 Å². The first kappa shape index (κ1) is 15.5. The number of phenols is 4. The van der Waals surface area contributed by atoms with Crippen molar-refractivity contribution in [2.75, 3.05) is 6.54 Å². The van der Waals surface area contributed by atoms with Crippen LogP contribution < -0.4 is 5.32 Å². The summed E-state index contributed by atoms with van der Waals surface area (Å²) in [5.41, 5.74) is 1.38. The van der Waals surface area contributed by atoms with Gasteiger partial charge in [0.15, 0.2) is 23.0 Å². The first-order chi connectivity index (χ1) is 10.5. The van der Waals surface area contributed by atoms with Crippen LogP contribution in [0.5, 0.6) is 23.0 Å². The second kappa shape index (κ2) is 6.71. The molecule has 0 aliphatic heterocycles. The molecular weight excluding hydrogens is 286 g/mol. The highest BCUT2D eigenvalue weighted by Gasteiger charge is 2.07. The van der Waals surface area contributed by atoms with E-state index in [1.54, 1.807) is 12.1 Å². The second-order valence-corrected chi connectivity index (χ2v) is 4.92. The van der Waals surface area contributed by atoms with Crippen molar-refractivity contribution in [3.63, 3.8) is 0 Å². The average molecular weight is 303 g/mol. The third kappa shape index (κ3) is 4.05. The summed E-state index contributed by atoms with van der Waals surface area (Å²) in [4.78, 5) is 11.8. The fraction of sp³-hybridized carbons (Fsp3) is 0.188. The van der Waals surface area contributed by atoms with Gasteiger partial charge in [-0.2, -0.15) is 0 Å². The third-order valence-corrected chi connectivity index (χ3v) is 3.18. The largest absolute Gasteiger partial charge is 0.504 e. The van der Waals surface area contributed by atoms with Crippen LogP contribution in [0.1, 0.15) is 11.1 Å². The van der Waals surface area contributed by atoms with E-state index in [0.717, 1.165) is 5.56 Å². The van der Waals surface area contributed by atoms with Gasteiger partial charge in [0.25, 0.3) is 0 Å². The van der Waals surface area contributed by atoms with E-state index in [1.165, 1.54) is 24.3 Å². The molecule has 0 saturated carbocycles. The number of hydrogen-bond donors (Lipinski definition) is 5. The molecule has 0 atom stereocenters. The smallest absolute Gasteiger partial charge is 0.224 e. The zero-order chi connectivity index (χ0) is 16.1. The summed E-state index contributed by atoms with van der Waals surface area (Å²) in [5, 5.41) is 39.9. The van der Waals surface area contributed by atoms with E-state index in [4.69, 9.17) is 0 Å². The Bertz CT molecular complexity index is 684. The Kier molecular flexibility index (Phi) is 4.73. The van der Waals surface area contributed by atoms with E-state index < -0.39 is 0 Å². The lowest BCUT2D eigenvalue weighted by atomic mass is 10.1. The molecule has 1 amide bonds. The Morgan fingerprint density at radius 1 is 0.818 bits per heavy atom. The summed E-state index contributed by atoms with van der Waals surface area (Å²) in [6.45, 7) is 0.382. The van der Waals surface area contributed by atoms with Crippen LogP contribution in [-0.4, -0.2) is 32.9 Å². The van der Waals surface area contributed by atoms with Crippen LogP contribution in [0.2, 0.25) is 0 Å². The Hall–Kier alpha value is -2.89. The number of carbonyl (C=O) groups is 1. The van der Waals surface area contributed by atoms with E-state index >= 15 is 0 Å². The summed E-state index contributed by atoms with van der Waals surface area (Å²) < 4.78 is 0. The van der Waals surface area contributed by atoms with Gasteiger partial charge in [-0.05, 0) is 41.8 Å². The number of amides is 1. The molecule has 2 aromatic rings. The third-order valence-electron chi connectivity index (χ3n) is 3.18. The number of carbonyl (C=O) groups excluding carboxylic acids is 1. The zero-order valence-corrected chi connectivity index (χ0v) is 11.8. The van der Waals surface area contributed by atoms with Crippen molar-refractivity contribution in [2.24, 2.45) is 0 Å². The van der Waals surface area contributed by atoms with Crippen molar-refractivity contribution in [2.45, 2.75) is 12.8 Å². The van der Waals surface area contributed by atoms with E-state index in [1.807, 2.05) is 0 Å². The van der Waals surface area contributed by atoms with Crippen LogP contribution in [-0.2, 0) is 17.6 Å². The predicted octanol–water partition coefficient (Wildman–Crippen LogP) is 1.41. The van der Waals surface area contributed by atoms with E-state index in [2.05, 4.69) is 5.32 Å². The van der Waals surface area contributed by atoms with Gasteiger partial charge in [0.1, 0.15) is 0 Å². The molecule has 0 radical (unpaired) electrons. The molecule has 0 heterocycles. The van der Waals surface area contributed by atoms with E-state index in [0.29, 0.717) is 18.5 Å². The average Bonchev–Trinajstić information content (AvgIpc) is 2.47. The van der Waals surface area contributed by atoms with Crippen LogP contribution in [0.15, 0.2) is 36.4 Å². The highest BCUT2D eigenvalue weighted by molar-refractivity contribution is 5.78. The summed E-state index contributed by atoms with van der Waals surface area (Å²) in [5.74, 6) is -1.07. The SMILES string of the molecule is O=C(Cc1ccc(O)c(O)c1)NCCc1ccc(O)c(O)c1. The highest BCUT2D eigenvalue weighted by atomic mass is 16.3. The molecule has 0 bridgehead atoms. The van der Waals surface area contributed by atoms with Crippen molar-refractivity contribution in [3.8, 4) is 23.0 Å². The maximum absolute atomic E-state index is 11.8. The van der Waals surface area contributed by atoms with Gasteiger partial charge in [-0.1, -0.05) is 12.1 Å². The molecule has 6 nitrogen and oxygen atoms in total. The fourth-order valence-corrected chi connectivity index (χ4v) is 2.00. The number of hydrogen-bond acceptors (Lipinski definition) is 5. The molecule has 2 aromatic carbocycles.